The molecule has 2 rings (SSSR count). The lowest BCUT2D eigenvalue weighted by molar-refractivity contribution is -0.137. The number of rotatable bonds is 5. The molecule has 1 aliphatic rings. The highest BCUT2D eigenvalue weighted by Crippen LogP contribution is 2.18. The van der Waals surface area contributed by atoms with Gasteiger partial charge in [0.25, 0.3) is 0 Å². The normalized spacial score (nSPS) is 20.6. The smallest absolute Gasteiger partial charge is 0.330 e. The lowest BCUT2D eigenvalue weighted by Crippen LogP contribution is -2.40. The number of anilines is 1. The van der Waals surface area contributed by atoms with Crippen LogP contribution < -0.4 is 10.6 Å². The molecule has 1 aromatic carbocycles. The fourth-order valence-corrected chi connectivity index (χ4v) is 2.60. The summed E-state index contributed by atoms with van der Waals surface area (Å²) in [7, 11) is 0. The number of ether oxygens (including phenoxy) is 1. The number of urea groups is 1. The molecule has 130 valence electrons. The Morgan fingerprint density at radius 3 is 2.50 bits per heavy atom. The van der Waals surface area contributed by atoms with Crippen LogP contribution in [0.3, 0.4) is 0 Å². The molecule has 0 spiro atoms. The summed E-state index contributed by atoms with van der Waals surface area (Å²) in [6.45, 7) is 2.10. The van der Waals surface area contributed by atoms with Gasteiger partial charge in [-0.15, -0.1) is 0 Å². The average molecular weight is 332 g/mol. The molecule has 1 fully saturated rings. The minimum absolute atomic E-state index is 0.111. The van der Waals surface area contributed by atoms with Crippen LogP contribution in [0.2, 0.25) is 0 Å². The molecule has 6 nitrogen and oxygen atoms in total. The van der Waals surface area contributed by atoms with Crippen molar-refractivity contribution < 1.29 is 19.4 Å². The number of aliphatic hydroxyl groups excluding tert-OH is 1. The van der Waals surface area contributed by atoms with Gasteiger partial charge in [0, 0.05) is 17.8 Å². The summed E-state index contributed by atoms with van der Waals surface area (Å²) in [5.74, 6) is -0.378. The van der Waals surface area contributed by atoms with E-state index in [9.17, 15) is 14.7 Å². The van der Waals surface area contributed by atoms with Crippen LogP contribution in [0, 0.1) is 0 Å². The van der Waals surface area contributed by atoms with E-state index >= 15 is 0 Å². The second-order valence-electron chi connectivity index (χ2n) is 5.81. The molecular formula is C18H24N2O4. The molecule has 3 N–H and O–H groups in total. The summed E-state index contributed by atoms with van der Waals surface area (Å²) >= 11 is 0. The maximum Gasteiger partial charge on any atom is 0.330 e. The van der Waals surface area contributed by atoms with Crippen molar-refractivity contribution in [1.82, 2.24) is 5.32 Å². The van der Waals surface area contributed by atoms with Gasteiger partial charge in [0.2, 0.25) is 0 Å². The fourth-order valence-electron chi connectivity index (χ4n) is 2.60. The van der Waals surface area contributed by atoms with Gasteiger partial charge < -0.3 is 20.5 Å². The van der Waals surface area contributed by atoms with E-state index in [1.807, 2.05) is 12.1 Å². The predicted octanol–water partition coefficient (Wildman–Crippen LogP) is 2.69. The van der Waals surface area contributed by atoms with E-state index in [1.165, 1.54) is 6.08 Å². The van der Waals surface area contributed by atoms with Crippen LogP contribution in [-0.4, -0.2) is 35.9 Å². The molecule has 6 heteroatoms. The van der Waals surface area contributed by atoms with E-state index in [4.69, 9.17) is 4.74 Å². The lowest BCUT2D eigenvalue weighted by atomic mass is 9.93. The van der Waals surface area contributed by atoms with Crippen LogP contribution in [-0.2, 0) is 9.53 Å². The number of amides is 2. The number of esters is 1. The average Bonchev–Trinajstić information content (AvgIpc) is 2.56. The largest absolute Gasteiger partial charge is 0.463 e. The molecule has 0 radical (unpaired) electrons. The Hall–Kier alpha value is -2.34. The van der Waals surface area contributed by atoms with Crippen molar-refractivity contribution >= 4 is 23.8 Å². The van der Waals surface area contributed by atoms with E-state index in [2.05, 4.69) is 10.6 Å². The van der Waals surface area contributed by atoms with Crippen molar-refractivity contribution in [3.8, 4) is 0 Å². The van der Waals surface area contributed by atoms with Crippen molar-refractivity contribution in [3.05, 3.63) is 35.9 Å². The molecular weight excluding hydrogens is 308 g/mol. The molecule has 1 aliphatic carbocycles. The van der Waals surface area contributed by atoms with Crippen molar-refractivity contribution in [3.63, 3.8) is 0 Å². The molecule has 24 heavy (non-hydrogen) atoms. The summed E-state index contributed by atoms with van der Waals surface area (Å²) in [5, 5.41) is 15.2. The van der Waals surface area contributed by atoms with E-state index in [1.54, 1.807) is 25.1 Å². The highest BCUT2D eigenvalue weighted by atomic mass is 16.5. The quantitative estimate of drug-likeness (QED) is 0.571. The number of carbonyl (C=O) groups is 2. The summed E-state index contributed by atoms with van der Waals surface area (Å²) in [4.78, 5) is 23.2. The van der Waals surface area contributed by atoms with Gasteiger partial charge in [0.1, 0.15) is 0 Å². The van der Waals surface area contributed by atoms with Crippen LogP contribution in [0.1, 0.15) is 38.2 Å². The zero-order valence-corrected chi connectivity index (χ0v) is 13.8. The van der Waals surface area contributed by atoms with E-state index in [0.29, 0.717) is 12.3 Å². The third kappa shape index (κ3) is 6.04. The van der Waals surface area contributed by atoms with Crippen LogP contribution in [0.5, 0.6) is 0 Å². The van der Waals surface area contributed by atoms with E-state index < -0.39 is 0 Å². The monoisotopic (exact) mass is 332 g/mol. The topological polar surface area (TPSA) is 87.7 Å². The maximum atomic E-state index is 12.0. The Morgan fingerprint density at radius 2 is 1.88 bits per heavy atom. The molecule has 2 amide bonds. The molecule has 1 aromatic rings. The number of hydrogen-bond acceptors (Lipinski definition) is 4. The number of benzene rings is 1. The van der Waals surface area contributed by atoms with Crippen LogP contribution in [0.15, 0.2) is 30.3 Å². The van der Waals surface area contributed by atoms with Crippen LogP contribution in [0.4, 0.5) is 10.5 Å². The molecule has 0 bridgehead atoms. The molecule has 1 saturated carbocycles. The van der Waals surface area contributed by atoms with Crippen molar-refractivity contribution in [2.24, 2.45) is 0 Å². The minimum atomic E-state index is -0.378. The third-order valence-corrected chi connectivity index (χ3v) is 3.90. The number of aliphatic hydroxyl groups is 1. The van der Waals surface area contributed by atoms with Gasteiger partial charge in [0.15, 0.2) is 0 Å². The maximum absolute atomic E-state index is 12.0. The molecule has 0 unspecified atom stereocenters. The number of nitrogens with one attached hydrogen (secondary N) is 2. The molecule has 0 aromatic heterocycles. The number of hydrogen-bond donors (Lipinski definition) is 3. The van der Waals surface area contributed by atoms with Gasteiger partial charge in [-0.1, -0.05) is 12.1 Å². The second kappa shape index (κ2) is 9.08. The van der Waals surface area contributed by atoms with Crippen LogP contribution in [0.25, 0.3) is 6.08 Å². The highest BCUT2D eigenvalue weighted by Gasteiger charge is 2.20. The zero-order chi connectivity index (χ0) is 17.4. The Kier molecular flexibility index (Phi) is 6.81. The first-order chi connectivity index (χ1) is 11.6. The van der Waals surface area contributed by atoms with Gasteiger partial charge in [-0.2, -0.15) is 0 Å². The highest BCUT2D eigenvalue weighted by molar-refractivity contribution is 5.90. The Balaban J connectivity index is 1.80. The Bertz CT molecular complexity index is 575. The predicted molar refractivity (Wildman–Crippen MR) is 92.5 cm³/mol. The summed E-state index contributed by atoms with van der Waals surface area (Å²) in [5.41, 5.74) is 1.52. The van der Waals surface area contributed by atoms with E-state index in [-0.39, 0.29) is 24.1 Å². The van der Waals surface area contributed by atoms with Crippen molar-refractivity contribution in [1.29, 1.82) is 0 Å². The molecule has 0 aliphatic heterocycles. The van der Waals surface area contributed by atoms with Crippen molar-refractivity contribution in [2.45, 2.75) is 44.8 Å². The fraction of sp³-hybridized carbons (Fsp3) is 0.444. The van der Waals surface area contributed by atoms with E-state index in [0.717, 1.165) is 31.2 Å². The van der Waals surface area contributed by atoms with Crippen molar-refractivity contribution in [2.75, 3.05) is 11.9 Å². The lowest BCUT2D eigenvalue weighted by Gasteiger charge is -2.26. The number of carbonyl (C=O) groups excluding carboxylic acids is 2. The van der Waals surface area contributed by atoms with Gasteiger partial charge >= 0.3 is 12.0 Å². The van der Waals surface area contributed by atoms with Gasteiger partial charge in [0.05, 0.1) is 12.7 Å². The standard InChI is InChI=1S/C18H24N2O4/c1-2-24-17(22)12-5-13-3-6-14(7-4-13)19-18(23)20-15-8-10-16(21)11-9-15/h3-7,12,15-16,21H,2,8-11H2,1H3,(H2,19,20,23)/b12-5+. The second-order valence-corrected chi connectivity index (χ2v) is 5.81. The zero-order valence-electron chi connectivity index (χ0n) is 13.8. The molecule has 0 saturated heterocycles. The molecule has 0 atom stereocenters. The van der Waals surface area contributed by atoms with Gasteiger partial charge in [-0.25, -0.2) is 9.59 Å². The first-order valence-electron chi connectivity index (χ1n) is 8.27. The summed E-state index contributed by atoms with van der Waals surface area (Å²) in [6.07, 6.45) is 5.85. The SMILES string of the molecule is CCOC(=O)/C=C/c1ccc(NC(=O)NC2CCC(O)CC2)cc1. The first-order valence-corrected chi connectivity index (χ1v) is 8.27. The Morgan fingerprint density at radius 1 is 1.21 bits per heavy atom. The van der Waals surface area contributed by atoms with Crippen LogP contribution >= 0.6 is 0 Å². The van der Waals surface area contributed by atoms with Gasteiger partial charge in [-0.05, 0) is 56.4 Å². The molecule has 0 heterocycles. The third-order valence-electron chi connectivity index (χ3n) is 3.90. The van der Waals surface area contributed by atoms with Gasteiger partial charge in [-0.3, -0.25) is 0 Å². The summed E-state index contributed by atoms with van der Waals surface area (Å²) < 4.78 is 4.81. The first kappa shape index (κ1) is 18.0. The summed E-state index contributed by atoms with van der Waals surface area (Å²) in [6, 6.07) is 7.03. The Labute approximate surface area is 141 Å². The minimum Gasteiger partial charge on any atom is -0.463 e.